The number of nitrogens with one attached hydrogen (secondary N) is 1. The molecule has 2 aliphatic heterocycles. The normalized spacial score (nSPS) is 21.4. The van der Waals surface area contributed by atoms with Crippen molar-refractivity contribution in [1.82, 2.24) is 10.3 Å². The topological polar surface area (TPSA) is 95.9 Å². The molecule has 1 saturated heterocycles. The number of carbonyl (C=O) groups is 2. The Balaban J connectivity index is 1.65. The number of amides is 2. The zero-order valence-corrected chi connectivity index (χ0v) is 14.7. The zero-order chi connectivity index (χ0) is 17.9. The lowest BCUT2D eigenvalue weighted by atomic mass is 9.99. The number of nitrogens with zero attached hydrogens (tertiary/aromatic N) is 2. The fraction of sp³-hybridized carbons (Fsp3) is 0.471. The monoisotopic (exact) mass is 363 g/mol. The summed E-state index contributed by atoms with van der Waals surface area (Å²) in [5.41, 5.74) is 2.67. The van der Waals surface area contributed by atoms with E-state index in [2.05, 4.69) is 10.5 Å². The van der Waals surface area contributed by atoms with Crippen molar-refractivity contribution >= 4 is 27.4 Å². The average molecular weight is 363 g/mol. The van der Waals surface area contributed by atoms with Gasteiger partial charge in [0.2, 0.25) is 5.91 Å². The van der Waals surface area contributed by atoms with E-state index in [1.54, 1.807) is 35.2 Å². The first-order valence-electron chi connectivity index (χ1n) is 8.38. The molecule has 0 aromatic heterocycles. The maximum atomic E-state index is 12.5. The Morgan fingerprint density at radius 2 is 2.00 bits per heavy atom. The molecule has 1 fully saturated rings. The molecule has 25 heavy (non-hydrogen) atoms. The van der Waals surface area contributed by atoms with Crippen LogP contribution in [0.4, 0.5) is 0 Å². The number of hydrazone groups is 1. The molecule has 1 N–H and O–H groups in total. The molecule has 0 bridgehead atoms. The largest absolute Gasteiger partial charge is 0.337 e. The third kappa shape index (κ3) is 4.25. The van der Waals surface area contributed by atoms with E-state index in [0.29, 0.717) is 30.1 Å². The molecule has 2 aliphatic rings. The number of benzene rings is 1. The molecule has 1 aromatic rings. The van der Waals surface area contributed by atoms with Crippen LogP contribution in [0.3, 0.4) is 0 Å². The lowest BCUT2D eigenvalue weighted by Gasteiger charge is -2.33. The number of hydrogen-bond donors (Lipinski definition) is 1. The number of rotatable bonds is 4. The van der Waals surface area contributed by atoms with Crippen LogP contribution in [0.5, 0.6) is 0 Å². The van der Waals surface area contributed by atoms with Gasteiger partial charge in [0, 0.05) is 25.9 Å². The van der Waals surface area contributed by atoms with Crippen LogP contribution in [0.15, 0.2) is 40.3 Å². The summed E-state index contributed by atoms with van der Waals surface area (Å²) in [7, 11) is -3.37. The van der Waals surface area contributed by atoms with Crippen LogP contribution in [-0.4, -0.2) is 49.7 Å². The molecule has 1 unspecified atom stereocenters. The first kappa shape index (κ1) is 17.6. The van der Waals surface area contributed by atoms with Crippen LogP contribution >= 0.6 is 0 Å². The predicted molar refractivity (Wildman–Crippen MR) is 92.6 cm³/mol. The Hall–Kier alpha value is -2.22. The smallest absolute Gasteiger partial charge is 0.270 e. The SMILES string of the molecule is O=C1CCC(C(=O)N2CCCC(CS(=O)(=O)c3ccccc3)C2)=NN1. The molecular weight excluding hydrogens is 342 g/mol. The highest BCUT2D eigenvalue weighted by atomic mass is 32.2. The molecule has 1 atom stereocenters. The number of sulfone groups is 1. The summed E-state index contributed by atoms with van der Waals surface area (Å²) in [5, 5.41) is 3.84. The minimum absolute atomic E-state index is 0.0318. The summed E-state index contributed by atoms with van der Waals surface area (Å²) in [4.78, 5) is 25.7. The number of piperidine rings is 1. The summed E-state index contributed by atoms with van der Waals surface area (Å²) in [6.45, 7) is 0.992. The van der Waals surface area contributed by atoms with E-state index in [1.165, 1.54) is 0 Å². The van der Waals surface area contributed by atoms with E-state index < -0.39 is 9.84 Å². The van der Waals surface area contributed by atoms with Gasteiger partial charge in [0.25, 0.3) is 5.91 Å². The quantitative estimate of drug-likeness (QED) is 0.862. The minimum Gasteiger partial charge on any atom is -0.337 e. The van der Waals surface area contributed by atoms with Crippen LogP contribution in [0.25, 0.3) is 0 Å². The highest BCUT2D eigenvalue weighted by Gasteiger charge is 2.31. The second kappa shape index (κ2) is 7.35. The van der Waals surface area contributed by atoms with Gasteiger partial charge in [-0.15, -0.1) is 0 Å². The highest BCUT2D eigenvalue weighted by molar-refractivity contribution is 7.91. The molecule has 0 radical (unpaired) electrons. The maximum Gasteiger partial charge on any atom is 0.270 e. The van der Waals surface area contributed by atoms with Crippen molar-refractivity contribution in [2.75, 3.05) is 18.8 Å². The molecule has 134 valence electrons. The zero-order valence-electron chi connectivity index (χ0n) is 13.8. The summed E-state index contributed by atoms with van der Waals surface area (Å²) < 4.78 is 25.1. The lowest BCUT2D eigenvalue weighted by molar-refractivity contribution is -0.126. The van der Waals surface area contributed by atoms with Crippen LogP contribution in [0.2, 0.25) is 0 Å². The van der Waals surface area contributed by atoms with Crippen LogP contribution in [0.1, 0.15) is 25.7 Å². The Labute approximate surface area is 147 Å². The van der Waals surface area contributed by atoms with Crippen LogP contribution < -0.4 is 5.43 Å². The number of hydrogen-bond acceptors (Lipinski definition) is 5. The van der Waals surface area contributed by atoms with Gasteiger partial charge in [-0.2, -0.15) is 5.10 Å². The molecule has 2 amide bonds. The Morgan fingerprint density at radius 3 is 2.68 bits per heavy atom. The summed E-state index contributed by atoms with van der Waals surface area (Å²) in [6, 6.07) is 8.39. The fourth-order valence-corrected chi connectivity index (χ4v) is 4.89. The van der Waals surface area contributed by atoms with Gasteiger partial charge in [-0.25, -0.2) is 13.8 Å². The molecule has 8 heteroatoms. The Morgan fingerprint density at radius 1 is 1.24 bits per heavy atom. The number of likely N-dealkylation sites (tertiary alicyclic amines) is 1. The van der Waals surface area contributed by atoms with Crippen LogP contribution in [-0.2, 0) is 19.4 Å². The van der Waals surface area contributed by atoms with E-state index in [4.69, 9.17) is 0 Å². The van der Waals surface area contributed by atoms with E-state index in [9.17, 15) is 18.0 Å². The molecule has 7 nitrogen and oxygen atoms in total. The van der Waals surface area contributed by atoms with E-state index >= 15 is 0 Å². The molecule has 1 aromatic carbocycles. The lowest BCUT2D eigenvalue weighted by Crippen LogP contribution is -2.46. The molecular formula is C17H21N3O4S. The molecule has 2 heterocycles. The van der Waals surface area contributed by atoms with Crippen molar-refractivity contribution in [1.29, 1.82) is 0 Å². The highest BCUT2D eigenvalue weighted by Crippen LogP contribution is 2.22. The van der Waals surface area contributed by atoms with Crippen molar-refractivity contribution in [3.05, 3.63) is 30.3 Å². The molecule has 3 rings (SSSR count). The predicted octanol–water partition coefficient (Wildman–Crippen LogP) is 0.965. The summed E-state index contributed by atoms with van der Waals surface area (Å²) in [6.07, 6.45) is 2.12. The summed E-state index contributed by atoms with van der Waals surface area (Å²) in [5.74, 6) is -0.463. The van der Waals surface area contributed by atoms with Crippen molar-refractivity contribution in [3.8, 4) is 0 Å². The van der Waals surface area contributed by atoms with E-state index in [0.717, 1.165) is 12.8 Å². The first-order chi connectivity index (χ1) is 12.0. The van der Waals surface area contributed by atoms with Crippen molar-refractivity contribution in [2.45, 2.75) is 30.6 Å². The van der Waals surface area contributed by atoms with Gasteiger partial charge in [0.05, 0.1) is 10.6 Å². The van der Waals surface area contributed by atoms with Crippen molar-refractivity contribution < 1.29 is 18.0 Å². The van der Waals surface area contributed by atoms with Crippen LogP contribution in [0, 0.1) is 5.92 Å². The standard InChI is InChI=1S/C17H21N3O4S/c21-16-9-8-15(18-19-16)17(22)20-10-4-5-13(11-20)12-25(23,24)14-6-2-1-3-7-14/h1-3,6-7,13H,4-5,8-12H2,(H,19,21). The summed E-state index contributed by atoms with van der Waals surface area (Å²) >= 11 is 0. The number of carbonyl (C=O) groups excluding carboxylic acids is 2. The van der Waals surface area contributed by atoms with E-state index in [-0.39, 0.29) is 29.9 Å². The van der Waals surface area contributed by atoms with Gasteiger partial charge >= 0.3 is 0 Å². The van der Waals surface area contributed by atoms with Gasteiger partial charge < -0.3 is 4.90 Å². The second-order valence-corrected chi connectivity index (χ2v) is 8.48. The van der Waals surface area contributed by atoms with E-state index in [1.807, 2.05) is 0 Å². The van der Waals surface area contributed by atoms with Gasteiger partial charge in [-0.3, -0.25) is 9.59 Å². The Kier molecular flexibility index (Phi) is 5.17. The third-order valence-corrected chi connectivity index (χ3v) is 6.42. The molecule has 0 saturated carbocycles. The molecule has 0 spiro atoms. The van der Waals surface area contributed by atoms with Gasteiger partial charge in [0.15, 0.2) is 9.84 Å². The van der Waals surface area contributed by atoms with Crippen molar-refractivity contribution in [3.63, 3.8) is 0 Å². The average Bonchev–Trinajstić information content (AvgIpc) is 2.62. The fourth-order valence-electron chi connectivity index (χ4n) is 3.23. The first-order valence-corrected chi connectivity index (χ1v) is 10.0. The molecule has 0 aliphatic carbocycles. The van der Waals surface area contributed by atoms with Gasteiger partial charge in [-0.05, 0) is 30.9 Å². The minimum atomic E-state index is -3.37. The third-order valence-electron chi connectivity index (χ3n) is 4.51. The Bertz CT molecular complexity index is 789. The van der Waals surface area contributed by atoms with Gasteiger partial charge in [0.1, 0.15) is 5.71 Å². The maximum absolute atomic E-state index is 12.5. The van der Waals surface area contributed by atoms with Gasteiger partial charge in [-0.1, -0.05) is 18.2 Å². The second-order valence-electron chi connectivity index (χ2n) is 6.45. The van der Waals surface area contributed by atoms with Crippen molar-refractivity contribution in [2.24, 2.45) is 11.0 Å².